The lowest BCUT2D eigenvalue weighted by molar-refractivity contribution is -0.118. The van der Waals surface area contributed by atoms with Crippen LogP contribution in [0.2, 0.25) is 0 Å². The Labute approximate surface area is 194 Å². The molecular formula is C23H23NO8S. The number of phenolic OH excluding ortho intramolecular Hbond substituents is 1. The van der Waals surface area contributed by atoms with E-state index >= 15 is 0 Å². The second kappa shape index (κ2) is 9.22. The number of hydrogen-bond donors (Lipinski definition) is 2. The van der Waals surface area contributed by atoms with Crippen LogP contribution in [0.15, 0.2) is 24.3 Å². The Morgan fingerprint density at radius 3 is 2.42 bits per heavy atom. The van der Waals surface area contributed by atoms with Gasteiger partial charge in [-0.3, -0.25) is 19.7 Å². The minimum atomic E-state index is -0.558. The molecule has 1 fully saturated rings. The number of ketones is 1. The van der Waals surface area contributed by atoms with Crippen molar-refractivity contribution in [3.05, 3.63) is 41.0 Å². The first-order valence-electron chi connectivity index (χ1n) is 10.2. The number of Topliss-reactive ketones (excluding diaryl/α,β-unsaturated/α-hetero) is 1. The summed E-state index contributed by atoms with van der Waals surface area (Å²) in [6, 6.07) is 7.18. The molecule has 0 aliphatic carbocycles. The van der Waals surface area contributed by atoms with E-state index in [0.717, 1.165) is 17.3 Å². The van der Waals surface area contributed by atoms with Crippen LogP contribution in [0.1, 0.15) is 27.9 Å². The summed E-state index contributed by atoms with van der Waals surface area (Å²) in [6.07, 6.45) is -0.0344. The van der Waals surface area contributed by atoms with E-state index < -0.39 is 11.4 Å². The van der Waals surface area contributed by atoms with E-state index in [9.17, 15) is 19.5 Å². The zero-order chi connectivity index (χ0) is 23.7. The van der Waals surface area contributed by atoms with Crippen LogP contribution in [0.4, 0.5) is 4.79 Å². The van der Waals surface area contributed by atoms with Crippen LogP contribution in [-0.2, 0) is 11.2 Å². The minimum Gasteiger partial charge on any atom is -0.504 e. The number of methoxy groups -OCH3 is 2. The quantitative estimate of drug-likeness (QED) is 0.625. The van der Waals surface area contributed by atoms with Gasteiger partial charge in [0, 0.05) is 5.56 Å². The van der Waals surface area contributed by atoms with Gasteiger partial charge in [0.15, 0.2) is 17.3 Å². The Hall–Kier alpha value is -3.40. The van der Waals surface area contributed by atoms with Crippen molar-refractivity contribution in [3.8, 4) is 28.7 Å². The number of imide groups is 1. The molecule has 2 heterocycles. The van der Waals surface area contributed by atoms with Gasteiger partial charge in [-0.25, -0.2) is 0 Å². The topological polar surface area (TPSA) is 120 Å². The average Bonchev–Trinajstić information content (AvgIpc) is 3.11. The summed E-state index contributed by atoms with van der Waals surface area (Å²) in [5.74, 6) is 0.451. The van der Waals surface area contributed by atoms with Crippen molar-refractivity contribution in [3.63, 3.8) is 0 Å². The molecule has 0 spiro atoms. The molecule has 174 valence electrons. The van der Waals surface area contributed by atoms with Gasteiger partial charge in [-0.15, -0.1) is 0 Å². The Morgan fingerprint density at radius 1 is 1.12 bits per heavy atom. The Morgan fingerprint density at radius 2 is 1.82 bits per heavy atom. The monoisotopic (exact) mass is 473 g/mol. The summed E-state index contributed by atoms with van der Waals surface area (Å²) in [5, 5.41) is 11.9. The molecule has 1 saturated heterocycles. The van der Waals surface area contributed by atoms with Crippen LogP contribution in [0.3, 0.4) is 0 Å². The maximum atomic E-state index is 12.8. The van der Waals surface area contributed by atoms with E-state index in [-0.39, 0.29) is 58.5 Å². The molecule has 33 heavy (non-hydrogen) atoms. The highest BCUT2D eigenvalue weighted by atomic mass is 32.2. The Kier molecular flexibility index (Phi) is 6.37. The van der Waals surface area contributed by atoms with Crippen molar-refractivity contribution in [2.24, 2.45) is 0 Å². The number of rotatable bonds is 7. The van der Waals surface area contributed by atoms with E-state index in [1.165, 1.54) is 14.2 Å². The highest BCUT2D eigenvalue weighted by Crippen LogP contribution is 2.51. The number of carbonyl (C=O) groups excluding carboxylic acids is 3. The molecule has 9 nitrogen and oxygen atoms in total. The molecule has 0 radical (unpaired) electrons. The lowest BCUT2D eigenvalue weighted by Gasteiger charge is -2.29. The standard InChI is InChI=1S/C23H23NO8S/c1-11-17-15(25)9-14(32-19(17)21(30-3)20(29-2)18(11)26)10-31-13-6-4-12(5-7-13)8-16-22(27)24-23(28)33-16/h4-7,14,16,26H,8-10H2,1-3H3,(H,24,27,28). The van der Waals surface area contributed by atoms with Crippen molar-refractivity contribution in [2.75, 3.05) is 20.8 Å². The highest BCUT2D eigenvalue weighted by molar-refractivity contribution is 8.15. The molecule has 2 aliphatic heterocycles. The molecule has 2 aliphatic rings. The molecule has 2 unspecified atom stereocenters. The van der Waals surface area contributed by atoms with Gasteiger partial charge in [0.1, 0.15) is 18.5 Å². The zero-order valence-corrected chi connectivity index (χ0v) is 19.1. The summed E-state index contributed by atoms with van der Waals surface area (Å²) >= 11 is 0.990. The molecule has 2 N–H and O–H groups in total. The van der Waals surface area contributed by atoms with Crippen molar-refractivity contribution in [1.82, 2.24) is 5.32 Å². The largest absolute Gasteiger partial charge is 0.504 e. The van der Waals surface area contributed by atoms with Gasteiger partial charge in [0.25, 0.3) is 5.24 Å². The van der Waals surface area contributed by atoms with Crippen molar-refractivity contribution in [1.29, 1.82) is 0 Å². The summed E-state index contributed by atoms with van der Waals surface area (Å²) in [5.41, 5.74) is 1.55. The number of ether oxygens (including phenoxy) is 4. The number of nitrogens with one attached hydrogen (secondary N) is 1. The molecule has 10 heteroatoms. The van der Waals surface area contributed by atoms with E-state index in [4.69, 9.17) is 18.9 Å². The molecule has 0 aromatic heterocycles. The van der Waals surface area contributed by atoms with Crippen LogP contribution < -0.4 is 24.3 Å². The number of aromatic hydroxyl groups is 1. The first kappa shape index (κ1) is 22.8. The predicted octanol–water partition coefficient (Wildman–Crippen LogP) is 3.02. The van der Waals surface area contributed by atoms with Gasteiger partial charge >= 0.3 is 0 Å². The second-order valence-electron chi connectivity index (χ2n) is 7.65. The van der Waals surface area contributed by atoms with Gasteiger partial charge in [-0.05, 0) is 31.0 Å². The summed E-state index contributed by atoms with van der Waals surface area (Å²) in [6.45, 7) is 1.74. The number of hydrogen-bond acceptors (Lipinski definition) is 9. The number of phenols is 1. The van der Waals surface area contributed by atoms with Crippen LogP contribution in [0, 0.1) is 6.92 Å². The summed E-state index contributed by atoms with van der Waals surface area (Å²) in [7, 11) is 2.81. The zero-order valence-electron chi connectivity index (χ0n) is 18.3. The molecule has 2 aromatic carbocycles. The maximum absolute atomic E-state index is 12.8. The van der Waals surface area contributed by atoms with Crippen molar-refractivity contribution < 1.29 is 38.4 Å². The maximum Gasteiger partial charge on any atom is 0.286 e. The molecule has 2 aromatic rings. The Balaban J connectivity index is 1.43. The lowest BCUT2D eigenvalue weighted by Crippen LogP contribution is -2.33. The van der Waals surface area contributed by atoms with Crippen LogP contribution in [0.25, 0.3) is 0 Å². The average molecular weight is 474 g/mol. The molecular weight excluding hydrogens is 450 g/mol. The van der Waals surface area contributed by atoms with Gasteiger partial charge in [-0.2, -0.15) is 0 Å². The van der Waals surface area contributed by atoms with E-state index in [0.29, 0.717) is 17.7 Å². The smallest absolute Gasteiger partial charge is 0.286 e. The van der Waals surface area contributed by atoms with Crippen molar-refractivity contribution in [2.45, 2.75) is 31.1 Å². The normalized spacial score (nSPS) is 19.5. The number of fused-ring (bicyclic) bond motifs is 1. The van der Waals surface area contributed by atoms with Gasteiger partial charge in [0.2, 0.25) is 17.4 Å². The molecule has 2 atom stereocenters. The van der Waals surface area contributed by atoms with E-state index in [2.05, 4.69) is 5.32 Å². The number of thioether (sulfide) groups is 1. The third-order valence-electron chi connectivity index (χ3n) is 5.52. The highest BCUT2D eigenvalue weighted by Gasteiger charge is 2.35. The fourth-order valence-electron chi connectivity index (χ4n) is 3.87. The fraction of sp³-hybridized carbons (Fsp3) is 0.348. The summed E-state index contributed by atoms with van der Waals surface area (Å²) in [4.78, 5) is 35.8. The SMILES string of the molecule is COc1c(O)c(C)c2c(c1OC)OC(COc1ccc(CC3SC(=O)NC3=O)cc1)CC2=O. The van der Waals surface area contributed by atoms with Gasteiger partial charge in [-0.1, -0.05) is 23.9 Å². The van der Waals surface area contributed by atoms with Gasteiger partial charge in [0.05, 0.1) is 31.5 Å². The first-order chi connectivity index (χ1) is 15.8. The van der Waals surface area contributed by atoms with Crippen molar-refractivity contribution >= 4 is 28.7 Å². The van der Waals surface area contributed by atoms with Crippen LogP contribution in [0.5, 0.6) is 28.7 Å². The first-order valence-corrected chi connectivity index (χ1v) is 11.1. The Bertz CT molecular complexity index is 1110. The predicted molar refractivity (Wildman–Crippen MR) is 120 cm³/mol. The van der Waals surface area contributed by atoms with Crippen LogP contribution in [-0.4, -0.2) is 54.2 Å². The van der Waals surface area contributed by atoms with Gasteiger partial charge < -0.3 is 24.1 Å². The van der Waals surface area contributed by atoms with E-state index in [1.54, 1.807) is 19.1 Å². The number of benzene rings is 2. The fourth-order valence-corrected chi connectivity index (χ4v) is 4.73. The molecule has 0 saturated carbocycles. The minimum absolute atomic E-state index is 0.0862. The lowest BCUT2D eigenvalue weighted by atomic mass is 9.95. The second-order valence-corrected chi connectivity index (χ2v) is 8.83. The van der Waals surface area contributed by atoms with Crippen LogP contribution >= 0.6 is 11.8 Å². The number of amides is 2. The third-order valence-corrected chi connectivity index (χ3v) is 6.50. The molecule has 4 rings (SSSR count). The van der Waals surface area contributed by atoms with E-state index in [1.807, 2.05) is 12.1 Å². The third kappa shape index (κ3) is 4.43. The molecule has 0 bridgehead atoms. The molecule has 2 amide bonds. The number of carbonyl (C=O) groups is 3. The summed E-state index contributed by atoms with van der Waals surface area (Å²) < 4.78 is 22.4.